The van der Waals surface area contributed by atoms with E-state index < -0.39 is 36.1 Å². The van der Waals surface area contributed by atoms with Crippen LogP contribution in [0.25, 0.3) is 17.0 Å². The molecule has 14 heteroatoms. The van der Waals surface area contributed by atoms with Crippen LogP contribution in [0.3, 0.4) is 0 Å². The molecule has 2 atom stereocenters. The van der Waals surface area contributed by atoms with E-state index in [-0.39, 0.29) is 23.3 Å². The van der Waals surface area contributed by atoms with Gasteiger partial charge in [0.15, 0.2) is 5.82 Å². The molecule has 1 aliphatic rings. The Labute approximate surface area is 189 Å². The lowest BCUT2D eigenvalue weighted by Crippen LogP contribution is -2.35. The summed E-state index contributed by atoms with van der Waals surface area (Å²) in [6, 6.07) is 0. The first-order chi connectivity index (χ1) is 16.2. The first kappa shape index (κ1) is 23.4. The average Bonchev–Trinajstić information content (AvgIpc) is 3.41. The standard InChI is InChI=1S/C20H19F4N7O3/c1-8(2)14-10(19-28-29-20(34-19)16(23)24)6-31-15(14)17(25-7-26-31)27-13-4-9(18(32)30-33-3)11(21)5-12(13)22/h4-9,11,16H,1-3H3,(H,30,32)(H,25,26,27). The van der Waals surface area contributed by atoms with Crippen LogP contribution in [0, 0.1) is 5.92 Å². The molecule has 3 aromatic heterocycles. The number of hydrogen-bond acceptors (Lipinski definition) is 8. The van der Waals surface area contributed by atoms with Gasteiger partial charge >= 0.3 is 6.43 Å². The summed E-state index contributed by atoms with van der Waals surface area (Å²) in [7, 11) is 1.19. The van der Waals surface area contributed by atoms with Gasteiger partial charge in [0.2, 0.25) is 5.89 Å². The number of nitrogens with one attached hydrogen (secondary N) is 2. The number of nitrogens with zero attached hydrogens (tertiary/aromatic N) is 5. The molecule has 0 aliphatic heterocycles. The van der Waals surface area contributed by atoms with Crippen molar-refractivity contribution in [3.63, 3.8) is 0 Å². The summed E-state index contributed by atoms with van der Waals surface area (Å²) in [5, 5.41) is 14.0. The second-order valence-electron chi connectivity index (χ2n) is 7.62. The van der Waals surface area contributed by atoms with Crippen LogP contribution in [0.15, 0.2) is 40.6 Å². The van der Waals surface area contributed by atoms with Gasteiger partial charge in [-0.15, -0.1) is 10.2 Å². The van der Waals surface area contributed by atoms with E-state index >= 15 is 0 Å². The highest BCUT2D eigenvalue weighted by Crippen LogP contribution is 2.37. The Morgan fingerprint density at radius 1 is 1.26 bits per heavy atom. The molecular weight excluding hydrogens is 462 g/mol. The SMILES string of the molecule is CONC(=O)C1C=C(Nc2ncnn3cc(-c4nnc(C(F)F)o4)c(C(C)C)c23)C(F)=CC1F. The maximum absolute atomic E-state index is 14.6. The maximum atomic E-state index is 14.6. The number of hydrogen-bond donors (Lipinski definition) is 2. The van der Waals surface area contributed by atoms with E-state index in [2.05, 4.69) is 30.4 Å². The van der Waals surface area contributed by atoms with Crippen LogP contribution in [0.4, 0.5) is 23.4 Å². The van der Waals surface area contributed by atoms with Gasteiger partial charge in [-0.25, -0.2) is 23.8 Å². The van der Waals surface area contributed by atoms with Gasteiger partial charge in [0.05, 0.1) is 24.3 Å². The minimum Gasteiger partial charge on any atom is -0.415 e. The zero-order valence-electron chi connectivity index (χ0n) is 18.1. The number of allylic oxidation sites excluding steroid dienone is 2. The number of halogens is 4. The van der Waals surface area contributed by atoms with Crippen molar-refractivity contribution in [1.82, 2.24) is 30.3 Å². The summed E-state index contributed by atoms with van der Waals surface area (Å²) in [4.78, 5) is 20.8. The molecule has 2 N–H and O–H groups in total. The van der Waals surface area contributed by atoms with Crippen LogP contribution in [0.5, 0.6) is 0 Å². The van der Waals surface area contributed by atoms with Crippen LogP contribution in [0.2, 0.25) is 0 Å². The minimum absolute atomic E-state index is 0.122. The zero-order valence-corrected chi connectivity index (χ0v) is 18.1. The first-order valence-corrected chi connectivity index (χ1v) is 10.0. The van der Waals surface area contributed by atoms with E-state index in [9.17, 15) is 22.4 Å². The van der Waals surface area contributed by atoms with Gasteiger partial charge in [0.25, 0.3) is 11.8 Å². The fourth-order valence-electron chi connectivity index (χ4n) is 3.61. The molecule has 0 aromatic carbocycles. The van der Waals surface area contributed by atoms with Gasteiger partial charge in [-0.05, 0) is 23.6 Å². The molecule has 1 aliphatic carbocycles. The fourth-order valence-corrected chi connectivity index (χ4v) is 3.61. The van der Waals surface area contributed by atoms with Crippen LogP contribution in [-0.4, -0.2) is 44.0 Å². The van der Waals surface area contributed by atoms with Gasteiger partial charge in [-0.3, -0.25) is 9.63 Å². The average molecular weight is 481 g/mol. The monoisotopic (exact) mass is 481 g/mol. The van der Waals surface area contributed by atoms with Crippen molar-refractivity contribution in [3.05, 3.63) is 47.7 Å². The number of carbonyl (C=O) groups excluding carboxylic acids is 1. The van der Waals surface area contributed by atoms with Gasteiger partial charge in [-0.1, -0.05) is 13.8 Å². The number of anilines is 1. The van der Waals surface area contributed by atoms with Gasteiger partial charge in [0.1, 0.15) is 23.8 Å². The third-order valence-corrected chi connectivity index (χ3v) is 5.06. The number of hydroxylamine groups is 1. The van der Waals surface area contributed by atoms with Crippen molar-refractivity contribution in [2.24, 2.45) is 5.92 Å². The molecule has 0 bridgehead atoms. The van der Waals surface area contributed by atoms with Gasteiger partial charge in [0, 0.05) is 6.20 Å². The van der Waals surface area contributed by atoms with Crippen molar-refractivity contribution in [3.8, 4) is 11.5 Å². The highest BCUT2D eigenvalue weighted by atomic mass is 19.3. The Balaban J connectivity index is 1.79. The number of alkyl halides is 3. The lowest BCUT2D eigenvalue weighted by Gasteiger charge is -2.21. The Kier molecular flexibility index (Phi) is 6.32. The molecule has 34 heavy (non-hydrogen) atoms. The molecular formula is C20H19F4N7O3. The summed E-state index contributed by atoms with van der Waals surface area (Å²) < 4.78 is 61.2. The van der Waals surface area contributed by atoms with E-state index in [1.165, 1.54) is 24.1 Å². The van der Waals surface area contributed by atoms with E-state index in [4.69, 9.17) is 4.42 Å². The van der Waals surface area contributed by atoms with Gasteiger partial charge in [-0.2, -0.15) is 13.9 Å². The molecule has 0 saturated carbocycles. The Morgan fingerprint density at radius 2 is 2.03 bits per heavy atom. The minimum atomic E-state index is -2.94. The molecule has 180 valence electrons. The lowest BCUT2D eigenvalue weighted by molar-refractivity contribution is -0.135. The normalized spacial score (nSPS) is 18.4. The molecule has 4 rings (SSSR count). The molecule has 10 nitrogen and oxygen atoms in total. The maximum Gasteiger partial charge on any atom is 0.314 e. The largest absolute Gasteiger partial charge is 0.415 e. The molecule has 0 saturated heterocycles. The highest BCUT2D eigenvalue weighted by Gasteiger charge is 2.32. The summed E-state index contributed by atoms with van der Waals surface area (Å²) in [5.41, 5.74) is 3.10. The van der Waals surface area contributed by atoms with Crippen LogP contribution in [0.1, 0.15) is 37.6 Å². The molecule has 2 unspecified atom stereocenters. The fraction of sp³-hybridized carbons (Fsp3) is 0.350. The van der Waals surface area contributed by atoms with Crippen LogP contribution >= 0.6 is 0 Å². The molecule has 3 heterocycles. The topological polar surface area (TPSA) is 119 Å². The van der Waals surface area contributed by atoms with Gasteiger partial charge < -0.3 is 9.73 Å². The number of aromatic nitrogens is 5. The van der Waals surface area contributed by atoms with Crippen molar-refractivity contribution in [1.29, 1.82) is 0 Å². The highest BCUT2D eigenvalue weighted by molar-refractivity contribution is 5.84. The predicted molar refractivity (Wildman–Crippen MR) is 110 cm³/mol. The summed E-state index contributed by atoms with van der Waals surface area (Å²) in [5.74, 6) is -4.13. The summed E-state index contributed by atoms with van der Waals surface area (Å²) >= 11 is 0. The number of fused-ring (bicyclic) bond motifs is 1. The van der Waals surface area contributed by atoms with E-state index in [0.717, 1.165) is 6.08 Å². The quantitative estimate of drug-likeness (QED) is 0.388. The van der Waals surface area contributed by atoms with Crippen LogP contribution < -0.4 is 10.8 Å². The third kappa shape index (κ3) is 4.23. The zero-order chi connectivity index (χ0) is 24.6. The Bertz CT molecular complexity index is 1280. The second kappa shape index (κ2) is 9.21. The van der Waals surface area contributed by atoms with Crippen molar-refractivity contribution in [2.45, 2.75) is 32.4 Å². The molecule has 1 amide bonds. The van der Waals surface area contributed by atoms with Crippen molar-refractivity contribution < 1.29 is 31.6 Å². The lowest BCUT2D eigenvalue weighted by atomic mass is 9.95. The Morgan fingerprint density at radius 3 is 2.68 bits per heavy atom. The number of carbonyl (C=O) groups is 1. The Hall–Kier alpha value is -3.81. The first-order valence-electron chi connectivity index (χ1n) is 10.0. The molecule has 0 radical (unpaired) electrons. The van der Waals surface area contributed by atoms with Crippen LogP contribution in [-0.2, 0) is 9.63 Å². The van der Waals surface area contributed by atoms with E-state index in [0.29, 0.717) is 22.7 Å². The van der Waals surface area contributed by atoms with E-state index in [1.807, 2.05) is 19.3 Å². The summed E-state index contributed by atoms with van der Waals surface area (Å²) in [6.07, 6.45) is -0.419. The number of rotatable bonds is 7. The molecule has 0 fully saturated rings. The van der Waals surface area contributed by atoms with Crippen molar-refractivity contribution in [2.75, 3.05) is 12.4 Å². The second-order valence-corrected chi connectivity index (χ2v) is 7.62. The molecule has 3 aromatic rings. The predicted octanol–water partition coefficient (Wildman–Crippen LogP) is 3.64. The number of amides is 1. The third-order valence-electron chi connectivity index (χ3n) is 5.06. The van der Waals surface area contributed by atoms with E-state index in [1.54, 1.807) is 0 Å². The van der Waals surface area contributed by atoms with Crippen molar-refractivity contribution >= 4 is 17.2 Å². The molecule has 0 spiro atoms. The summed E-state index contributed by atoms with van der Waals surface area (Å²) in [6.45, 7) is 3.67. The smallest absolute Gasteiger partial charge is 0.314 e.